The van der Waals surface area contributed by atoms with Crippen LogP contribution in [0.1, 0.15) is 17.5 Å². The number of carbonyl (C=O) groups is 3. The number of nitrogens with zero attached hydrogens (tertiary/aromatic N) is 1. The van der Waals surface area contributed by atoms with Gasteiger partial charge in [-0.25, -0.2) is 0 Å². The first kappa shape index (κ1) is 18.0. The number of aryl methyl sites for hydroxylation is 1. The number of amides is 2. The Hall–Kier alpha value is -2.38. The van der Waals surface area contributed by atoms with Crippen LogP contribution < -0.4 is 5.32 Å². The minimum absolute atomic E-state index is 0.0282. The average molecular weight is 342 g/mol. The zero-order valence-electron chi connectivity index (χ0n) is 13.0. The highest BCUT2D eigenvalue weighted by atomic mass is 19.4. The molecule has 24 heavy (non-hydrogen) atoms. The van der Waals surface area contributed by atoms with Gasteiger partial charge in [0, 0.05) is 20.1 Å². The third kappa shape index (κ3) is 3.93. The summed E-state index contributed by atoms with van der Waals surface area (Å²) in [4.78, 5) is 36.0. The Morgan fingerprint density at radius 2 is 1.96 bits per heavy atom. The second kappa shape index (κ2) is 7.02. The fourth-order valence-electron chi connectivity index (χ4n) is 2.61. The zero-order valence-corrected chi connectivity index (χ0v) is 13.0. The number of carbonyl (C=O) groups excluding carboxylic acids is 3. The minimum Gasteiger partial charge on any atom is -0.355 e. The number of Topliss-reactive ketones (excluding diaryl/α,β-unsaturated/α-hetero) is 1. The number of hydrogen-bond acceptors (Lipinski definition) is 3. The molecule has 1 aliphatic rings. The molecule has 2 amide bonds. The Labute approximate surface area is 136 Å². The Kier molecular flexibility index (Phi) is 5.26. The molecule has 0 radical (unpaired) electrons. The molecule has 1 aromatic carbocycles. The van der Waals surface area contributed by atoms with Crippen molar-refractivity contribution in [3.63, 3.8) is 0 Å². The number of likely N-dealkylation sites (tertiary alicyclic amines) is 1. The second-order valence-electron chi connectivity index (χ2n) is 5.65. The number of halogens is 3. The van der Waals surface area contributed by atoms with E-state index >= 15 is 0 Å². The van der Waals surface area contributed by atoms with E-state index in [1.807, 2.05) is 0 Å². The van der Waals surface area contributed by atoms with Crippen LogP contribution in [0.15, 0.2) is 24.3 Å². The van der Waals surface area contributed by atoms with E-state index in [1.54, 1.807) is 0 Å². The Morgan fingerprint density at radius 3 is 2.54 bits per heavy atom. The predicted octanol–water partition coefficient (Wildman–Crippen LogP) is 1.41. The number of benzene rings is 1. The molecule has 1 aromatic rings. The van der Waals surface area contributed by atoms with E-state index in [1.165, 1.54) is 30.1 Å². The van der Waals surface area contributed by atoms with Gasteiger partial charge in [0.1, 0.15) is 5.92 Å². The van der Waals surface area contributed by atoms with Crippen molar-refractivity contribution in [1.82, 2.24) is 10.2 Å². The summed E-state index contributed by atoms with van der Waals surface area (Å²) >= 11 is 0. The van der Waals surface area contributed by atoms with E-state index in [9.17, 15) is 27.6 Å². The molecule has 0 spiro atoms. The van der Waals surface area contributed by atoms with Gasteiger partial charge < -0.3 is 10.2 Å². The molecule has 1 saturated heterocycles. The summed E-state index contributed by atoms with van der Waals surface area (Å²) in [6, 6.07) is 5.28. The smallest absolute Gasteiger partial charge is 0.355 e. The van der Waals surface area contributed by atoms with Gasteiger partial charge in [0.25, 0.3) is 5.91 Å². The monoisotopic (exact) mass is 342 g/mol. The van der Waals surface area contributed by atoms with Gasteiger partial charge in [-0.1, -0.05) is 18.2 Å². The molecule has 8 heteroatoms. The molecule has 0 aliphatic carbocycles. The largest absolute Gasteiger partial charge is 0.416 e. The van der Waals surface area contributed by atoms with E-state index in [4.69, 9.17) is 0 Å². The first-order valence-electron chi connectivity index (χ1n) is 7.44. The van der Waals surface area contributed by atoms with Crippen LogP contribution in [0.2, 0.25) is 0 Å². The van der Waals surface area contributed by atoms with Crippen LogP contribution >= 0.6 is 0 Å². The fourth-order valence-corrected chi connectivity index (χ4v) is 2.61. The summed E-state index contributed by atoms with van der Waals surface area (Å²) in [6.45, 7) is 0.160. The number of alkyl halides is 3. The van der Waals surface area contributed by atoms with E-state index < -0.39 is 35.3 Å². The van der Waals surface area contributed by atoms with Gasteiger partial charge in [-0.05, 0) is 24.5 Å². The normalized spacial score (nSPS) is 18.2. The van der Waals surface area contributed by atoms with Crippen molar-refractivity contribution in [2.24, 2.45) is 5.92 Å². The second-order valence-corrected chi connectivity index (χ2v) is 5.65. The maximum atomic E-state index is 12.9. The maximum absolute atomic E-state index is 12.9. The van der Waals surface area contributed by atoms with Crippen LogP contribution in [0.25, 0.3) is 0 Å². The SMILES string of the molecule is CN1CC(C(=O)NCCCc2ccccc2C(F)(F)F)C(=O)C1=O. The molecule has 5 nitrogen and oxygen atoms in total. The standard InChI is InChI=1S/C16H17F3N2O3/c1-21-9-11(13(22)15(21)24)14(23)20-8-4-6-10-5-2-3-7-12(10)16(17,18)19/h2-3,5,7,11H,4,6,8-9H2,1H3,(H,20,23). The van der Waals surface area contributed by atoms with Crippen molar-refractivity contribution in [1.29, 1.82) is 0 Å². The van der Waals surface area contributed by atoms with E-state index in [2.05, 4.69) is 5.32 Å². The van der Waals surface area contributed by atoms with Gasteiger partial charge in [0.05, 0.1) is 5.56 Å². The highest BCUT2D eigenvalue weighted by Gasteiger charge is 2.41. The number of nitrogens with one attached hydrogen (secondary N) is 1. The number of ketones is 1. The molecule has 1 atom stereocenters. The van der Waals surface area contributed by atoms with Crippen molar-refractivity contribution in [3.8, 4) is 0 Å². The summed E-state index contributed by atoms with van der Waals surface area (Å²) in [7, 11) is 1.43. The first-order chi connectivity index (χ1) is 11.2. The molecular weight excluding hydrogens is 325 g/mol. The molecule has 2 rings (SSSR count). The zero-order chi connectivity index (χ0) is 17.9. The highest BCUT2D eigenvalue weighted by molar-refractivity contribution is 6.42. The summed E-state index contributed by atoms with van der Waals surface area (Å²) < 4.78 is 38.6. The lowest BCUT2D eigenvalue weighted by Gasteiger charge is -2.13. The summed E-state index contributed by atoms with van der Waals surface area (Å²) in [5.41, 5.74) is -0.527. The lowest BCUT2D eigenvalue weighted by atomic mass is 10.0. The number of hydrogen-bond donors (Lipinski definition) is 1. The van der Waals surface area contributed by atoms with Crippen molar-refractivity contribution in [3.05, 3.63) is 35.4 Å². The third-order valence-corrected chi connectivity index (χ3v) is 3.89. The molecule has 1 unspecified atom stereocenters. The Balaban J connectivity index is 1.85. The summed E-state index contributed by atoms with van der Waals surface area (Å²) in [5, 5.41) is 2.50. The average Bonchev–Trinajstić information content (AvgIpc) is 2.78. The van der Waals surface area contributed by atoms with Crippen LogP contribution in [-0.2, 0) is 27.0 Å². The van der Waals surface area contributed by atoms with Gasteiger partial charge in [0.2, 0.25) is 11.7 Å². The van der Waals surface area contributed by atoms with Crippen LogP contribution in [0.5, 0.6) is 0 Å². The lowest BCUT2D eigenvalue weighted by molar-refractivity contribution is -0.142. The third-order valence-electron chi connectivity index (χ3n) is 3.89. The first-order valence-corrected chi connectivity index (χ1v) is 7.44. The fraction of sp³-hybridized carbons (Fsp3) is 0.438. The molecule has 0 saturated carbocycles. The van der Waals surface area contributed by atoms with E-state index in [0.717, 1.165) is 6.07 Å². The van der Waals surface area contributed by atoms with Gasteiger partial charge in [0.15, 0.2) is 0 Å². The van der Waals surface area contributed by atoms with Crippen LogP contribution in [0, 0.1) is 5.92 Å². The minimum atomic E-state index is -4.42. The maximum Gasteiger partial charge on any atom is 0.416 e. The molecule has 0 aromatic heterocycles. The van der Waals surface area contributed by atoms with Gasteiger partial charge in [-0.15, -0.1) is 0 Å². The van der Waals surface area contributed by atoms with Crippen molar-refractivity contribution in [2.75, 3.05) is 20.1 Å². The summed E-state index contributed by atoms with van der Waals surface area (Å²) in [5.74, 6) is -3.06. The molecule has 130 valence electrons. The molecule has 1 N–H and O–H groups in total. The van der Waals surface area contributed by atoms with Crippen LogP contribution in [0.4, 0.5) is 13.2 Å². The molecular formula is C16H17F3N2O3. The van der Waals surface area contributed by atoms with Gasteiger partial charge in [-0.2, -0.15) is 13.2 Å². The molecule has 0 bridgehead atoms. The molecule has 1 aliphatic heterocycles. The van der Waals surface area contributed by atoms with Crippen molar-refractivity contribution >= 4 is 17.6 Å². The van der Waals surface area contributed by atoms with Crippen molar-refractivity contribution < 1.29 is 27.6 Å². The van der Waals surface area contributed by atoms with E-state index in [0.29, 0.717) is 6.42 Å². The Morgan fingerprint density at radius 1 is 1.29 bits per heavy atom. The Bertz CT molecular complexity index is 658. The van der Waals surface area contributed by atoms with Gasteiger partial charge in [-0.3, -0.25) is 14.4 Å². The highest BCUT2D eigenvalue weighted by Crippen LogP contribution is 2.32. The van der Waals surface area contributed by atoms with Crippen LogP contribution in [0.3, 0.4) is 0 Å². The lowest BCUT2D eigenvalue weighted by Crippen LogP contribution is -2.36. The molecule has 1 fully saturated rings. The number of rotatable bonds is 5. The number of likely N-dealkylation sites (N-methyl/N-ethyl adjacent to an activating group) is 1. The molecule has 1 heterocycles. The summed E-state index contributed by atoms with van der Waals surface area (Å²) in [6.07, 6.45) is -3.97. The quantitative estimate of drug-likeness (QED) is 0.500. The van der Waals surface area contributed by atoms with Crippen molar-refractivity contribution in [2.45, 2.75) is 19.0 Å². The predicted molar refractivity (Wildman–Crippen MR) is 78.9 cm³/mol. The topological polar surface area (TPSA) is 66.5 Å². The van der Waals surface area contributed by atoms with E-state index in [-0.39, 0.29) is 25.1 Å². The van der Waals surface area contributed by atoms with Crippen LogP contribution in [-0.4, -0.2) is 42.6 Å². The van der Waals surface area contributed by atoms with Gasteiger partial charge >= 0.3 is 6.18 Å².